The molecule has 17 nitrogen and oxygen atoms in total. The van der Waals surface area contributed by atoms with Gasteiger partial charge in [-0.05, 0) is 120 Å². The zero-order valence-electron chi connectivity index (χ0n) is 38.4. The molecule has 5 fully saturated rings. The fraction of sp³-hybridized carbons (Fsp3) is 0.531. The number of likely N-dealkylation sites (tertiary alicyclic amines) is 1. The summed E-state index contributed by atoms with van der Waals surface area (Å²) in [7, 11) is 1.52. The number of imide groups is 1. The summed E-state index contributed by atoms with van der Waals surface area (Å²) in [6.07, 6.45) is 10.1. The van der Waals surface area contributed by atoms with Crippen molar-refractivity contribution in [3.05, 3.63) is 75.2 Å². The molecule has 67 heavy (non-hydrogen) atoms. The monoisotopic (exact) mass is 934 g/mol. The highest BCUT2D eigenvalue weighted by molar-refractivity contribution is 6.33. The molecule has 18 heteroatoms. The van der Waals surface area contributed by atoms with Gasteiger partial charge in [0.1, 0.15) is 11.1 Å². The van der Waals surface area contributed by atoms with Gasteiger partial charge < -0.3 is 39.4 Å². The van der Waals surface area contributed by atoms with Crippen LogP contribution in [0.3, 0.4) is 0 Å². The van der Waals surface area contributed by atoms with Gasteiger partial charge in [0.05, 0.1) is 23.9 Å². The topological polar surface area (TPSA) is 184 Å². The number of anilines is 4. The van der Waals surface area contributed by atoms with E-state index in [9.17, 15) is 24.0 Å². The number of ether oxygens (including phenoxy) is 2. The standard InChI is InChI=1S/C49H59ClN10O7/c1-29(2)60-39-8-5-32(19-30(39)21-41(47(60)65)66-26-43(62)51-3)53-44-38(50)24-52-48(55-44)56-16-11-35(12-17-56)67-36-22-34(23-36)58-18-14-49(28-58)13-4-15-57(27-49)33-6-7-37-31(20-33)25-59(46(37)64)40-9-10-42(61)54-45(40)63/h5-8,19-21,24,29,34-36,40H,4,9-18,22-23,25-28H2,1-3H3,(H,51,62)(H,52,53,55)(H,54,61,63). The molecule has 2 aromatic carbocycles. The molecule has 6 aliphatic rings. The molecule has 10 rings (SSSR count). The SMILES string of the molecule is CNC(=O)COc1cc2cc(Nc3nc(N4CCC(OC5CC(N6CCC7(CCCN(c8ccc9c(c8)CN(C8CCC(=O)NC8=O)C9=O)C7)C6)C5)CC4)ncc3Cl)ccc2n(C(C)C)c1=O. The molecular weight excluding hydrogens is 876 g/mol. The van der Waals surface area contributed by atoms with Crippen LogP contribution in [0.1, 0.15) is 93.6 Å². The Bertz CT molecular complexity index is 2660. The maximum absolute atomic E-state index is 13.3. The smallest absolute Gasteiger partial charge is 0.293 e. The average molecular weight is 936 g/mol. The summed E-state index contributed by atoms with van der Waals surface area (Å²) in [5, 5.41) is 9.40. The Balaban J connectivity index is 0.700. The number of hydrogen-bond acceptors (Lipinski definition) is 13. The van der Waals surface area contributed by atoms with Gasteiger partial charge in [-0.2, -0.15) is 4.98 Å². The summed E-state index contributed by atoms with van der Waals surface area (Å²) >= 11 is 6.63. The lowest BCUT2D eigenvalue weighted by atomic mass is 9.78. The molecule has 1 aliphatic carbocycles. The molecular formula is C49H59ClN10O7. The first kappa shape index (κ1) is 45.0. The van der Waals surface area contributed by atoms with Crippen LogP contribution in [0, 0.1) is 5.41 Å². The molecule has 5 aliphatic heterocycles. The van der Waals surface area contributed by atoms with Crippen LogP contribution in [-0.2, 0) is 25.7 Å². The number of fused-ring (bicyclic) bond motifs is 2. The number of nitrogens with one attached hydrogen (secondary N) is 3. The van der Waals surface area contributed by atoms with Crippen LogP contribution in [0.2, 0.25) is 5.02 Å². The second kappa shape index (κ2) is 18.4. The predicted molar refractivity (Wildman–Crippen MR) is 254 cm³/mol. The quantitative estimate of drug-likeness (QED) is 0.159. The lowest BCUT2D eigenvalue weighted by Crippen LogP contribution is -2.52. The molecule has 0 radical (unpaired) electrons. The molecule has 1 spiro atoms. The molecule has 3 N–H and O–H groups in total. The van der Waals surface area contributed by atoms with Crippen molar-refractivity contribution in [2.75, 3.05) is 68.0 Å². The van der Waals surface area contributed by atoms with Crippen molar-refractivity contribution in [1.82, 2.24) is 35.0 Å². The lowest BCUT2D eigenvalue weighted by Gasteiger charge is -2.45. The Morgan fingerprint density at radius 2 is 1.78 bits per heavy atom. The third kappa shape index (κ3) is 9.05. The fourth-order valence-electron chi connectivity index (χ4n) is 11.2. The zero-order valence-corrected chi connectivity index (χ0v) is 39.1. The molecule has 7 heterocycles. The number of aromatic nitrogens is 3. The number of halogens is 1. The lowest BCUT2D eigenvalue weighted by molar-refractivity contribution is -0.137. The Hall–Kier alpha value is -5.78. The van der Waals surface area contributed by atoms with Crippen LogP contribution in [0.25, 0.3) is 10.9 Å². The number of likely N-dealkylation sites (N-methyl/N-ethyl adjacent to an activating group) is 1. The van der Waals surface area contributed by atoms with Gasteiger partial charge in [0, 0.05) is 92.6 Å². The van der Waals surface area contributed by atoms with E-state index in [0.717, 1.165) is 99.2 Å². The molecule has 4 saturated heterocycles. The number of hydrogen-bond donors (Lipinski definition) is 3. The van der Waals surface area contributed by atoms with Gasteiger partial charge >= 0.3 is 0 Å². The third-order valence-electron chi connectivity index (χ3n) is 14.8. The number of benzene rings is 2. The molecule has 4 aromatic rings. The van der Waals surface area contributed by atoms with E-state index >= 15 is 0 Å². The van der Waals surface area contributed by atoms with Crippen molar-refractivity contribution in [2.24, 2.45) is 5.41 Å². The van der Waals surface area contributed by atoms with E-state index in [0.29, 0.717) is 41.4 Å². The third-order valence-corrected chi connectivity index (χ3v) is 15.1. The van der Waals surface area contributed by atoms with Crippen molar-refractivity contribution in [2.45, 2.75) is 109 Å². The Labute approximate surface area is 394 Å². The summed E-state index contributed by atoms with van der Waals surface area (Å²) in [5.41, 5.74) is 4.15. The van der Waals surface area contributed by atoms with Gasteiger partial charge in [0.25, 0.3) is 17.4 Å². The minimum Gasteiger partial charge on any atom is -0.478 e. The molecule has 354 valence electrons. The fourth-order valence-corrected chi connectivity index (χ4v) is 11.3. The highest BCUT2D eigenvalue weighted by Gasteiger charge is 2.47. The van der Waals surface area contributed by atoms with Crippen LogP contribution in [0.4, 0.5) is 23.1 Å². The van der Waals surface area contributed by atoms with Gasteiger partial charge in [-0.15, -0.1) is 0 Å². The number of rotatable bonds is 12. The molecule has 4 amide bonds. The largest absolute Gasteiger partial charge is 0.478 e. The van der Waals surface area contributed by atoms with E-state index in [4.69, 9.17) is 26.1 Å². The molecule has 2 unspecified atom stereocenters. The number of nitrogens with zero attached hydrogens (tertiary/aromatic N) is 7. The van der Waals surface area contributed by atoms with Crippen LogP contribution >= 0.6 is 11.6 Å². The van der Waals surface area contributed by atoms with E-state index in [1.807, 2.05) is 38.1 Å². The van der Waals surface area contributed by atoms with Crippen LogP contribution in [0.15, 0.2) is 53.5 Å². The van der Waals surface area contributed by atoms with Crippen molar-refractivity contribution in [1.29, 1.82) is 0 Å². The van der Waals surface area contributed by atoms with E-state index in [1.54, 1.807) is 21.7 Å². The van der Waals surface area contributed by atoms with Crippen molar-refractivity contribution in [3.8, 4) is 5.75 Å². The van der Waals surface area contributed by atoms with E-state index in [-0.39, 0.29) is 71.6 Å². The molecule has 0 bridgehead atoms. The summed E-state index contributed by atoms with van der Waals surface area (Å²) in [5.74, 6) is 0.0517. The van der Waals surface area contributed by atoms with Gasteiger partial charge in [0.2, 0.25) is 17.8 Å². The number of amides is 4. The molecule has 2 aromatic heterocycles. The number of piperidine rings is 3. The van der Waals surface area contributed by atoms with E-state index in [1.165, 1.54) is 19.9 Å². The van der Waals surface area contributed by atoms with E-state index in [2.05, 4.69) is 47.8 Å². The van der Waals surface area contributed by atoms with Crippen LogP contribution in [0.5, 0.6) is 5.75 Å². The second-order valence-corrected chi connectivity index (χ2v) is 20.0. The first-order chi connectivity index (χ1) is 32.3. The van der Waals surface area contributed by atoms with Gasteiger partial charge in [-0.3, -0.25) is 34.2 Å². The summed E-state index contributed by atoms with van der Waals surface area (Å²) in [6, 6.07) is 13.3. The number of carbonyl (C=O) groups excluding carboxylic acids is 4. The van der Waals surface area contributed by atoms with Crippen molar-refractivity contribution < 1.29 is 28.7 Å². The predicted octanol–water partition coefficient (Wildman–Crippen LogP) is 5.16. The minimum atomic E-state index is -0.607. The highest BCUT2D eigenvalue weighted by Crippen LogP contribution is 2.44. The maximum Gasteiger partial charge on any atom is 0.293 e. The van der Waals surface area contributed by atoms with Gasteiger partial charge in [-0.1, -0.05) is 11.6 Å². The van der Waals surface area contributed by atoms with Gasteiger partial charge in [-0.25, -0.2) is 4.98 Å². The Morgan fingerprint density at radius 3 is 2.55 bits per heavy atom. The Morgan fingerprint density at radius 1 is 0.955 bits per heavy atom. The Kier molecular flexibility index (Phi) is 12.3. The molecule has 2 atom stereocenters. The summed E-state index contributed by atoms with van der Waals surface area (Å²) in [6.45, 7) is 9.73. The second-order valence-electron chi connectivity index (χ2n) is 19.6. The normalized spacial score (nSPS) is 24.6. The van der Waals surface area contributed by atoms with E-state index < -0.39 is 6.04 Å². The highest BCUT2D eigenvalue weighted by atomic mass is 35.5. The first-order valence-corrected chi connectivity index (χ1v) is 24.2. The number of pyridine rings is 1. The zero-order chi connectivity index (χ0) is 46.6. The van der Waals surface area contributed by atoms with Crippen LogP contribution < -0.4 is 36.0 Å². The molecule has 1 saturated carbocycles. The number of carbonyl (C=O) groups is 4. The first-order valence-electron chi connectivity index (χ1n) is 23.8. The minimum absolute atomic E-state index is 0.0975. The van der Waals surface area contributed by atoms with Crippen LogP contribution in [-0.4, -0.2) is 125 Å². The maximum atomic E-state index is 13.3. The van der Waals surface area contributed by atoms with Crippen molar-refractivity contribution >= 4 is 69.3 Å². The van der Waals surface area contributed by atoms with Gasteiger partial charge in [0.15, 0.2) is 18.2 Å². The summed E-state index contributed by atoms with van der Waals surface area (Å²) < 4.78 is 14.0. The summed E-state index contributed by atoms with van der Waals surface area (Å²) in [4.78, 5) is 81.2. The van der Waals surface area contributed by atoms with Crippen molar-refractivity contribution in [3.63, 3.8) is 0 Å². The average Bonchev–Trinajstić information content (AvgIpc) is 3.86.